The Morgan fingerprint density at radius 3 is 2.72 bits per heavy atom. The Morgan fingerprint density at radius 1 is 1.45 bits per heavy atom. The number of unbranched alkanes of at least 4 members (excludes halogenated alkanes) is 1. The van der Waals surface area contributed by atoms with E-state index >= 15 is 0 Å². The van der Waals surface area contributed by atoms with E-state index in [-0.39, 0.29) is 18.9 Å². The normalized spacial score (nSPS) is 22.9. The van der Waals surface area contributed by atoms with Crippen LogP contribution in [0.3, 0.4) is 0 Å². The van der Waals surface area contributed by atoms with Crippen molar-refractivity contribution >= 4 is 38.5 Å². The third kappa shape index (κ3) is 5.79. The minimum Gasteiger partial charge on any atom is -0.464 e. The van der Waals surface area contributed by atoms with Gasteiger partial charge in [-0.2, -0.15) is 0 Å². The summed E-state index contributed by atoms with van der Waals surface area (Å²) in [6.07, 6.45) is 9.11. The molecule has 1 heterocycles. The maximum absolute atomic E-state index is 12.7. The predicted molar refractivity (Wildman–Crippen MR) is 112 cm³/mol. The average molecular weight is 443 g/mol. The van der Waals surface area contributed by atoms with Crippen LogP contribution in [0.1, 0.15) is 46.0 Å². The smallest absolute Gasteiger partial charge is 0.333 e. The topological polar surface area (TPSA) is 92.8 Å². The van der Waals surface area contributed by atoms with E-state index in [9.17, 15) is 18.6 Å². The molecule has 0 saturated carbocycles. The zero-order valence-corrected chi connectivity index (χ0v) is 18.3. The number of amides is 2. The lowest BCUT2D eigenvalue weighted by molar-refractivity contribution is -0.163. The van der Waals surface area contributed by atoms with Crippen LogP contribution in [-0.2, 0) is 29.1 Å². The Balaban J connectivity index is 2.07. The van der Waals surface area contributed by atoms with E-state index in [1.54, 1.807) is 6.92 Å². The number of hydrogen-bond acceptors (Lipinski definition) is 5. The summed E-state index contributed by atoms with van der Waals surface area (Å²) >= 11 is 0. The zero-order chi connectivity index (χ0) is 21.6. The largest absolute Gasteiger partial charge is 0.464 e. The van der Waals surface area contributed by atoms with Gasteiger partial charge in [-0.1, -0.05) is 43.7 Å². The van der Waals surface area contributed by atoms with Crippen molar-refractivity contribution < 1.29 is 23.3 Å². The molecule has 0 spiro atoms. The van der Waals surface area contributed by atoms with Crippen LogP contribution in [0, 0.1) is 0 Å². The van der Waals surface area contributed by atoms with Crippen LogP contribution < -0.4 is 5.32 Å². The van der Waals surface area contributed by atoms with E-state index in [1.165, 1.54) is 0 Å². The third-order valence-corrected chi connectivity index (χ3v) is 6.20. The molecular weight excluding hydrogens is 416 g/mol. The molecule has 1 aliphatic heterocycles. The summed E-state index contributed by atoms with van der Waals surface area (Å²) in [6.45, 7) is 7.53. The molecule has 2 rings (SSSR count). The molecule has 0 radical (unpaired) electrons. The molecule has 1 aliphatic carbocycles. The number of nitrogens with one attached hydrogen (secondary N) is 1. The van der Waals surface area contributed by atoms with Crippen LogP contribution >= 0.6 is 10.7 Å². The first kappa shape index (κ1) is 23.3. The van der Waals surface area contributed by atoms with E-state index in [0.29, 0.717) is 18.4 Å². The molecule has 160 valence electrons. The zero-order valence-electron chi connectivity index (χ0n) is 16.7. The SMILES string of the molecule is C=C(C)C(C(=O)OCCCC)N1C(=O)C(NC(=O)CC2=CCC=CC2)C1S(=O)Cl. The fourth-order valence-electron chi connectivity index (χ4n) is 3.26. The monoisotopic (exact) mass is 442 g/mol. The minimum atomic E-state index is -2.00. The number of β-lactam (4-membered cyclic amide) rings is 1. The van der Waals surface area contributed by atoms with Gasteiger partial charge in [-0.15, -0.1) is 0 Å². The summed E-state index contributed by atoms with van der Waals surface area (Å²) in [4.78, 5) is 38.7. The number of ether oxygens (including phenoxy) is 1. The van der Waals surface area contributed by atoms with Crippen molar-refractivity contribution in [3.8, 4) is 0 Å². The highest BCUT2D eigenvalue weighted by molar-refractivity contribution is 8.08. The maximum atomic E-state index is 12.7. The van der Waals surface area contributed by atoms with Gasteiger partial charge in [0.25, 0.3) is 0 Å². The van der Waals surface area contributed by atoms with Gasteiger partial charge in [-0.25, -0.2) is 9.00 Å². The van der Waals surface area contributed by atoms with Gasteiger partial charge >= 0.3 is 5.97 Å². The number of likely N-dealkylation sites (tertiary alicyclic amines) is 1. The highest BCUT2D eigenvalue weighted by atomic mass is 35.7. The van der Waals surface area contributed by atoms with E-state index < -0.39 is 39.3 Å². The van der Waals surface area contributed by atoms with Crippen LogP contribution in [0.4, 0.5) is 0 Å². The summed E-state index contributed by atoms with van der Waals surface area (Å²) in [5.74, 6) is -1.53. The molecule has 0 aromatic heterocycles. The highest BCUT2D eigenvalue weighted by Crippen LogP contribution is 2.31. The molecule has 1 fully saturated rings. The lowest BCUT2D eigenvalue weighted by atomic mass is 9.98. The number of allylic oxidation sites excluding steroid dienone is 3. The number of carbonyl (C=O) groups excluding carboxylic acids is 3. The van der Waals surface area contributed by atoms with Crippen LogP contribution in [-0.4, -0.2) is 51.0 Å². The Morgan fingerprint density at radius 2 is 2.17 bits per heavy atom. The Bertz CT molecular complexity index is 764. The fourth-order valence-corrected chi connectivity index (χ4v) is 4.63. The van der Waals surface area contributed by atoms with Gasteiger partial charge in [0, 0.05) is 6.42 Å². The number of nitrogens with zero attached hydrogens (tertiary/aromatic N) is 1. The van der Waals surface area contributed by atoms with Crippen LogP contribution in [0.5, 0.6) is 0 Å². The van der Waals surface area contributed by atoms with Crippen molar-refractivity contribution in [3.63, 3.8) is 0 Å². The molecule has 4 unspecified atom stereocenters. The van der Waals surface area contributed by atoms with E-state index in [4.69, 9.17) is 15.4 Å². The first-order chi connectivity index (χ1) is 13.8. The molecule has 2 aliphatic rings. The second kappa shape index (κ2) is 10.7. The molecule has 7 nitrogen and oxygen atoms in total. The van der Waals surface area contributed by atoms with Gasteiger partial charge in [0.05, 0.1) is 6.61 Å². The fraction of sp³-hybridized carbons (Fsp3) is 0.550. The van der Waals surface area contributed by atoms with Gasteiger partial charge in [0.1, 0.15) is 16.1 Å². The molecule has 1 saturated heterocycles. The number of esters is 1. The summed E-state index contributed by atoms with van der Waals surface area (Å²) < 4.78 is 17.3. The number of halogens is 1. The second-order valence-electron chi connectivity index (χ2n) is 7.15. The molecule has 4 atom stereocenters. The van der Waals surface area contributed by atoms with Gasteiger partial charge in [-0.05, 0) is 42.4 Å². The van der Waals surface area contributed by atoms with E-state index in [0.717, 1.165) is 23.3 Å². The molecule has 29 heavy (non-hydrogen) atoms. The molecule has 0 aromatic carbocycles. The summed E-state index contributed by atoms with van der Waals surface area (Å²) in [5, 5.41) is 1.57. The number of rotatable bonds is 10. The quantitative estimate of drug-likeness (QED) is 0.184. The van der Waals surface area contributed by atoms with Gasteiger partial charge in [0.2, 0.25) is 11.8 Å². The van der Waals surface area contributed by atoms with Crippen LogP contribution in [0.2, 0.25) is 0 Å². The lowest BCUT2D eigenvalue weighted by Crippen LogP contribution is -2.75. The summed E-state index contributed by atoms with van der Waals surface area (Å²) in [6, 6.07) is -2.14. The summed E-state index contributed by atoms with van der Waals surface area (Å²) in [7, 11) is 3.81. The predicted octanol–water partition coefficient (Wildman–Crippen LogP) is 2.50. The van der Waals surface area contributed by atoms with Crippen LogP contribution in [0.25, 0.3) is 0 Å². The highest BCUT2D eigenvalue weighted by Gasteiger charge is 2.56. The number of carbonyl (C=O) groups is 3. The molecule has 1 N–H and O–H groups in total. The Kier molecular flexibility index (Phi) is 8.64. The maximum Gasteiger partial charge on any atom is 0.333 e. The molecular formula is C20H27ClN2O5S. The number of hydrogen-bond donors (Lipinski definition) is 1. The first-order valence-corrected chi connectivity index (χ1v) is 11.6. The van der Waals surface area contributed by atoms with Crippen LogP contribution in [0.15, 0.2) is 36.0 Å². The van der Waals surface area contributed by atoms with Gasteiger partial charge in [-0.3, -0.25) is 9.59 Å². The Hall–Kier alpha value is -1.93. The van der Waals surface area contributed by atoms with Crippen molar-refractivity contribution in [2.45, 2.75) is 63.4 Å². The van der Waals surface area contributed by atoms with E-state index in [1.807, 2.05) is 25.2 Å². The second-order valence-corrected chi connectivity index (χ2v) is 9.04. The van der Waals surface area contributed by atoms with Crippen molar-refractivity contribution in [1.82, 2.24) is 10.2 Å². The standard InChI is InChI=1S/C20H27ClN2O5S/c1-4-5-11-28-20(26)17(13(2)3)23-18(25)16(19(23)29(21)27)22-15(24)12-14-9-7-6-8-10-14/h6-7,10,16-17,19H,2,4-5,8-9,11-12H2,1,3H3,(H,22,24). The first-order valence-electron chi connectivity index (χ1n) is 9.61. The van der Waals surface area contributed by atoms with Crippen molar-refractivity contribution in [3.05, 3.63) is 36.0 Å². The van der Waals surface area contributed by atoms with Crippen molar-refractivity contribution in [2.24, 2.45) is 0 Å². The lowest BCUT2D eigenvalue weighted by Gasteiger charge is -2.48. The van der Waals surface area contributed by atoms with Gasteiger partial charge < -0.3 is 15.0 Å². The minimum absolute atomic E-state index is 0.152. The molecule has 0 aromatic rings. The Labute approximate surface area is 178 Å². The van der Waals surface area contributed by atoms with Crippen molar-refractivity contribution in [2.75, 3.05) is 6.61 Å². The summed E-state index contributed by atoms with van der Waals surface area (Å²) in [5.41, 5.74) is 1.33. The molecule has 9 heteroatoms. The van der Waals surface area contributed by atoms with Crippen molar-refractivity contribution in [1.29, 1.82) is 0 Å². The molecule has 2 amide bonds. The third-order valence-electron chi connectivity index (χ3n) is 4.77. The average Bonchev–Trinajstić information content (AvgIpc) is 2.66. The molecule has 0 bridgehead atoms. The van der Waals surface area contributed by atoms with Gasteiger partial charge in [0.15, 0.2) is 11.4 Å². The van der Waals surface area contributed by atoms with E-state index in [2.05, 4.69) is 11.9 Å².